The Morgan fingerprint density at radius 1 is 1.35 bits per heavy atom. The number of nitrogens with one attached hydrogen (secondary N) is 1. The molecule has 1 N–H and O–H groups in total. The summed E-state index contributed by atoms with van der Waals surface area (Å²) in [5.74, 6) is 0.291. The highest BCUT2D eigenvalue weighted by Crippen LogP contribution is 2.27. The summed E-state index contributed by atoms with van der Waals surface area (Å²) in [5, 5.41) is 11.7. The van der Waals surface area contributed by atoms with Crippen LogP contribution in [0.1, 0.15) is 23.0 Å². The molecule has 0 aliphatic carbocycles. The zero-order chi connectivity index (χ0) is 18.5. The molecule has 2 aromatic heterocycles. The number of hydrogen-bond donors (Lipinski definition) is 1. The lowest BCUT2D eigenvalue weighted by Crippen LogP contribution is -2.23. The minimum absolute atomic E-state index is 0.151. The number of ether oxygens (including phenoxy) is 1. The van der Waals surface area contributed by atoms with Crippen LogP contribution in [0.25, 0.3) is 0 Å². The van der Waals surface area contributed by atoms with Crippen molar-refractivity contribution in [2.24, 2.45) is 0 Å². The van der Waals surface area contributed by atoms with Gasteiger partial charge in [-0.15, -0.1) is 0 Å². The normalized spacial score (nSPS) is 10.7. The molecule has 1 amide bonds. The van der Waals surface area contributed by atoms with Crippen LogP contribution >= 0.6 is 27.5 Å². The van der Waals surface area contributed by atoms with Gasteiger partial charge in [-0.3, -0.25) is 9.48 Å². The molecular formula is C17H17BrClN5O2. The van der Waals surface area contributed by atoms with E-state index >= 15 is 0 Å². The smallest absolute Gasteiger partial charge is 0.272 e. The van der Waals surface area contributed by atoms with Crippen molar-refractivity contribution in [2.45, 2.75) is 26.7 Å². The summed E-state index contributed by atoms with van der Waals surface area (Å²) in [6, 6.07) is 6.99. The molecule has 0 atom stereocenters. The largest absolute Gasteiger partial charge is 0.470 e. The Morgan fingerprint density at radius 3 is 2.92 bits per heavy atom. The zero-order valence-electron chi connectivity index (χ0n) is 14.0. The predicted molar refractivity (Wildman–Crippen MR) is 101 cm³/mol. The number of hydrogen-bond acceptors (Lipinski definition) is 4. The Balaban J connectivity index is 1.54. The van der Waals surface area contributed by atoms with Crippen molar-refractivity contribution in [1.29, 1.82) is 0 Å². The number of nitrogens with zero attached hydrogens (tertiary/aromatic N) is 4. The number of aromatic nitrogens is 4. The van der Waals surface area contributed by atoms with Crippen LogP contribution in [0.5, 0.6) is 5.75 Å². The van der Waals surface area contributed by atoms with Gasteiger partial charge in [0, 0.05) is 35.5 Å². The van der Waals surface area contributed by atoms with Crippen molar-refractivity contribution in [3.05, 3.63) is 63.6 Å². The first kappa shape index (κ1) is 18.5. The summed E-state index contributed by atoms with van der Waals surface area (Å²) in [6.07, 6.45) is 5.31. The molecule has 3 rings (SSSR count). The molecule has 0 radical (unpaired) electrons. The Labute approximate surface area is 164 Å². The van der Waals surface area contributed by atoms with Gasteiger partial charge >= 0.3 is 0 Å². The van der Waals surface area contributed by atoms with Crippen molar-refractivity contribution >= 4 is 33.4 Å². The lowest BCUT2D eigenvalue weighted by Gasteiger charge is -2.08. The van der Waals surface area contributed by atoms with Gasteiger partial charge in [0.05, 0.1) is 11.2 Å². The number of carbonyl (C=O) groups excluding carboxylic acids is 1. The molecule has 0 unspecified atom stereocenters. The molecule has 7 nitrogen and oxygen atoms in total. The van der Waals surface area contributed by atoms with E-state index in [1.807, 2.05) is 19.2 Å². The molecule has 3 aromatic rings. The van der Waals surface area contributed by atoms with Crippen LogP contribution in [0, 0.1) is 0 Å². The SMILES string of the molecule is CCn1cc(CNC(=O)c2ccn(COc3ccc(Br)cc3Cl)n2)cn1. The Morgan fingerprint density at radius 2 is 2.19 bits per heavy atom. The summed E-state index contributed by atoms with van der Waals surface area (Å²) in [5.41, 5.74) is 1.26. The average Bonchev–Trinajstić information content (AvgIpc) is 3.28. The van der Waals surface area contributed by atoms with E-state index in [9.17, 15) is 4.79 Å². The second-order valence-electron chi connectivity index (χ2n) is 5.48. The highest BCUT2D eigenvalue weighted by molar-refractivity contribution is 9.10. The van der Waals surface area contributed by atoms with Crippen LogP contribution in [0.3, 0.4) is 0 Å². The standard InChI is InChI=1S/C17H17BrClN5O2/c1-2-23-10-12(9-21-23)8-20-17(25)15-5-6-24(22-15)11-26-16-4-3-13(18)7-14(16)19/h3-7,9-10H,2,8,11H2,1H3,(H,20,25). The lowest BCUT2D eigenvalue weighted by molar-refractivity contribution is 0.0944. The van der Waals surface area contributed by atoms with Gasteiger partial charge in [-0.25, -0.2) is 4.68 Å². The number of halogens is 2. The van der Waals surface area contributed by atoms with Gasteiger partial charge in [-0.1, -0.05) is 27.5 Å². The van der Waals surface area contributed by atoms with Crippen LogP contribution in [-0.4, -0.2) is 25.5 Å². The molecule has 136 valence electrons. The van der Waals surface area contributed by atoms with E-state index in [4.69, 9.17) is 16.3 Å². The van der Waals surface area contributed by atoms with Gasteiger partial charge < -0.3 is 10.1 Å². The van der Waals surface area contributed by atoms with Crippen molar-refractivity contribution < 1.29 is 9.53 Å². The molecule has 9 heteroatoms. The first-order valence-corrected chi connectivity index (χ1v) is 9.13. The minimum Gasteiger partial charge on any atom is -0.470 e. The van der Waals surface area contributed by atoms with E-state index in [0.29, 0.717) is 23.0 Å². The summed E-state index contributed by atoms with van der Waals surface area (Å²) >= 11 is 9.45. The number of aryl methyl sites for hydroxylation is 1. The fourth-order valence-electron chi connectivity index (χ4n) is 2.23. The van der Waals surface area contributed by atoms with E-state index in [1.54, 1.807) is 35.3 Å². The second kappa shape index (κ2) is 8.37. The van der Waals surface area contributed by atoms with Gasteiger partial charge in [0.15, 0.2) is 6.73 Å². The lowest BCUT2D eigenvalue weighted by atomic mass is 10.3. The van der Waals surface area contributed by atoms with E-state index < -0.39 is 0 Å². The molecule has 2 heterocycles. The van der Waals surface area contributed by atoms with Gasteiger partial charge in [-0.2, -0.15) is 10.2 Å². The topological polar surface area (TPSA) is 74.0 Å². The molecule has 0 fully saturated rings. The minimum atomic E-state index is -0.255. The van der Waals surface area contributed by atoms with E-state index in [1.165, 1.54) is 4.68 Å². The summed E-state index contributed by atoms with van der Waals surface area (Å²) < 4.78 is 9.83. The average molecular weight is 439 g/mol. The van der Waals surface area contributed by atoms with E-state index in [2.05, 4.69) is 31.4 Å². The van der Waals surface area contributed by atoms with Crippen LogP contribution in [0.4, 0.5) is 0 Å². The molecule has 26 heavy (non-hydrogen) atoms. The van der Waals surface area contributed by atoms with Gasteiger partial charge in [0.1, 0.15) is 11.4 Å². The second-order valence-corrected chi connectivity index (χ2v) is 6.80. The van der Waals surface area contributed by atoms with Crippen LogP contribution < -0.4 is 10.1 Å². The van der Waals surface area contributed by atoms with Gasteiger partial charge in [0.2, 0.25) is 0 Å². The quantitative estimate of drug-likeness (QED) is 0.613. The maximum Gasteiger partial charge on any atom is 0.272 e. The van der Waals surface area contributed by atoms with Crippen molar-refractivity contribution in [3.8, 4) is 5.75 Å². The Kier molecular flexibility index (Phi) is 5.95. The van der Waals surface area contributed by atoms with E-state index in [-0.39, 0.29) is 12.6 Å². The molecule has 0 aliphatic rings. The Bertz CT molecular complexity index is 908. The summed E-state index contributed by atoms with van der Waals surface area (Å²) in [7, 11) is 0. The van der Waals surface area contributed by atoms with Crippen molar-refractivity contribution in [2.75, 3.05) is 0 Å². The van der Waals surface area contributed by atoms with Crippen molar-refractivity contribution in [1.82, 2.24) is 24.9 Å². The van der Waals surface area contributed by atoms with Crippen LogP contribution in [0.15, 0.2) is 47.3 Å². The first-order valence-electron chi connectivity index (χ1n) is 7.96. The highest BCUT2D eigenvalue weighted by Gasteiger charge is 2.10. The summed E-state index contributed by atoms with van der Waals surface area (Å²) in [4.78, 5) is 12.2. The molecule has 0 saturated carbocycles. The number of amides is 1. The molecule has 1 aromatic carbocycles. The van der Waals surface area contributed by atoms with Crippen molar-refractivity contribution in [3.63, 3.8) is 0 Å². The molecule has 0 saturated heterocycles. The van der Waals surface area contributed by atoms with Crippen LogP contribution in [-0.2, 0) is 19.8 Å². The maximum absolute atomic E-state index is 12.2. The number of rotatable bonds is 7. The fourth-order valence-corrected chi connectivity index (χ4v) is 2.95. The van der Waals surface area contributed by atoms with Crippen LogP contribution in [0.2, 0.25) is 5.02 Å². The zero-order valence-corrected chi connectivity index (χ0v) is 16.4. The molecular weight excluding hydrogens is 422 g/mol. The number of benzene rings is 1. The summed E-state index contributed by atoms with van der Waals surface area (Å²) in [6.45, 7) is 3.35. The number of carbonyl (C=O) groups is 1. The third-order valence-corrected chi connectivity index (χ3v) is 4.37. The van der Waals surface area contributed by atoms with E-state index in [0.717, 1.165) is 16.6 Å². The van der Waals surface area contributed by atoms with Gasteiger partial charge in [0.25, 0.3) is 5.91 Å². The third-order valence-electron chi connectivity index (χ3n) is 3.58. The monoisotopic (exact) mass is 437 g/mol. The molecule has 0 bridgehead atoms. The fraction of sp³-hybridized carbons (Fsp3) is 0.235. The predicted octanol–water partition coefficient (Wildman–Crippen LogP) is 3.48. The highest BCUT2D eigenvalue weighted by atomic mass is 79.9. The first-order chi connectivity index (χ1) is 12.5. The third kappa shape index (κ3) is 4.64. The molecule has 0 spiro atoms. The molecule has 0 aliphatic heterocycles. The maximum atomic E-state index is 12.2. The Hall–Kier alpha value is -2.32. The van der Waals surface area contributed by atoms with Gasteiger partial charge in [-0.05, 0) is 31.2 Å².